The molecule has 1 saturated carbocycles. The Morgan fingerprint density at radius 1 is 1.35 bits per heavy atom. The van der Waals surface area contributed by atoms with Crippen LogP contribution in [-0.2, 0) is 18.6 Å². The fraction of sp³-hybridized carbons (Fsp3) is 0.727. The minimum Gasteiger partial charge on any atom is -0.325 e. The van der Waals surface area contributed by atoms with Gasteiger partial charge in [0, 0.05) is 23.7 Å². The molecule has 0 spiro atoms. The molecule has 1 aromatic rings. The number of halogens is 3. The Hall–Kier alpha value is -1.04. The van der Waals surface area contributed by atoms with Gasteiger partial charge in [0.25, 0.3) is 0 Å². The topological polar surface area (TPSA) is 43.8 Å². The molecule has 0 atom stereocenters. The second-order valence-electron chi connectivity index (χ2n) is 5.34. The van der Waals surface area contributed by atoms with E-state index >= 15 is 0 Å². The van der Waals surface area contributed by atoms with Crippen LogP contribution in [0.1, 0.15) is 38.1 Å². The van der Waals surface area contributed by atoms with Crippen molar-refractivity contribution in [1.82, 2.24) is 9.78 Å². The van der Waals surface area contributed by atoms with Gasteiger partial charge < -0.3 is 5.73 Å². The first-order valence-electron chi connectivity index (χ1n) is 5.48. The van der Waals surface area contributed by atoms with Crippen LogP contribution < -0.4 is 5.73 Å². The van der Waals surface area contributed by atoms with E-state index in [-0.39, 0.29) is 5.41 Å². The number of nitrogens with zero attached hydrogens (tertiary/aromatic N) is 2. The second kappa shape index (κ2) is 3.25. The number of aryl methyl sites for hydroxylation is 1. The molecule has 0 aromatic carbocycles. The lowest BCUT2D eigenvalue weighted by atomic mass is 9.82. The fourth-order valence-electron chi connectivity index (χ4n) is 2.41. The van der Waals surface area contributed by atoms with Gasteiger partial charge in [-0.05, 0) is 32.8 Å². The zero-order chi connectivity index (χ0) is 13.1. The molecule has 17 heavy (non-hydrogen) atoms. The maximum Gasteiger partial charge on any atom is 0.435 e. The Balaban J connectivity index is 2.45. The Kier molecular flexibility index (Phi) is 2.37. The molecule has 1 aromatic heterocycles. The van der Waals surface area contributed by atoms with Crippen LogP contribution in [0.2, 0.25) is 0 Å². The summed E-state index contributed by atoms with van der Waals surface area (Å²) < 4.78 is 39.0. The average Bonchev–Trinajstić information content (AvgIpc) is 2.83. The Labute approximate surface area is 97.8 Å². The van der Waals surface area contributed by atoms with Crippen molar-refractivity contribution in [3.63, 3.8) is 0 Å². The number of hydrogen-bond donors (Lipinski definition) is 1. The molecule has 6 heteroatoms. The molecule has 96 valence electrons. The Morgan fingerprint density at radius 2 is 1.88 bits per heavy atom. The van der Waals surface area contributed by atoms with Gasteiger partial charge >= 0.3 is 6.18 Å². The number of alkyl halides is 3. The van der Waals surface area contributed by atoms with Crippen molar-refractivity contribution in [3.8, 4) is 0 Å². The first-order chi connectivity index (χ1) is 7.58. The molecule has 0 unspecified atom stereocenters. The van der Waals surface area contributed by atoms with E-state index in [1.165, 1.54) is 11.7 Å². The van der Waals surface area contributed by atoms with Gasteiger partial charge in [-0.15, -0.1) is 0 Å². The summed E-state index contributed by atoms with van der Waals surface area (Å²) in [4.78, 5) is 0. The van der Waals surface area contributed by atoms with E-state index in [4.69, 9.17) is 5.73 Å². The van der Waals surface area contributed by atoms with Crippen molar-refractivity contribution in [3.05, 3.63) is 17.5 Å². The lowest BCUT2D eigenvalue weighted by Crippen LogP contribution is -2.46. The minimum absolute atomic E-state index is 0.363. The molecule has 1 heterocycles. The zero-order valence-corrected chi connectivity index (χ0v) is 10.1. The van der Waals surface area contributed by atoms with Crippen LogP contribution in [0.3, 0.4) is 0 Å². The predicted molar refractivity (Wildman–Crippen MR) is 57.4 cm³/mol. The third-order valence-electron chi connectivity index (χ3n) is 3.64. The monoisotopic (exact) mass is 247 g/mol. The highest BCUT2D eigenvalue weighted by molar-refractivity contribution is 5.33. The van der Waals surface area contributed by atoms with Gasteiger partial charge in [0.2, 0.25) is 0 Å². The summed E-state index contributed by atoms with van der Waals surface area (Å²) in [5.41, 5.74) is 4.91. The van der Waals surface area contributed by atoms with Crippen molar-refractivity contribution in [2.24, 2.45) is 12.8 Å². The van der Waals surface area contributed by atoms with E-state index in [1.54, 1.807) is 0 Å². The van der Waals surface area contributed by atoms with Crippen molar-refractivity contribution in [2.45, 2.75) is 43.8 Å². The van der Waals surface area contributed by atoms with Crippen LogP contribution in [0.25, 0.3) is 0 Å². The highest BCUT2D eigenvalue weighted by Crippen LogP contribution is 2.55. The molecule has 2 rings (SSSR count). The van der Waals surface area contributed by atoms with E-state index in [2.05, 4.69) is 5.10 Å². The lowest BCUT2D eigenvalue weighted by molar-refractivity contribution is -0.141. The summed E-state index contributed by atoms with van der Waals surface area (Å²) in [6, 6.07) is 1.13. The van der Waals surface area contributed by atoms with Gasteiger partial charge in [-0.3, -0.25) is 4.68 Å². The summed E-state index contributed by atoms with van der Waals surface area (Å²) in [5, 5.41) is 3.54. The summed E-state index contributed by atoms with van der Waals surface area (Å²) in [6.45, 7) is 3.69. The van der Waals surface area contributed by atoms with E-state index in [1.807, 2.05) is 13.8 Å². The van der Waals surface area contributed by atoms with Gasteiger partial charge in [-0.25, -0.2) is 0 Å². The molecule has 1 aliphatic rings. The molecule has 0 aliphatic heterocycles. The largest absolute Gasteiger partial charge is 0.435 e. The van der Waals surface area contributed by atoms with Crippen molar-refractivity contribution in [1.29, 1.82) is 0 Å². The van der Waals surface area contributed by atoms with Gasteiger partial charge in [-0.2, -0.15) is 18.3 Å². The standard InChI is InChI=1S/C11H16F3N3/c1-9(2,15)10(4-5-10)8-6-7(11(12,13)14)16-17(8)3/h6H,4-5,15H2,1-3H3. The fourth-order valence-corrected chi connectivity index (χ4v) is 2.41. The minimum atomic E-state index is -4.40. The molecule has 2 N–H and O–H groups in total. The summed E-state index contributed by atoms with van der Waals surface area (Å²) in [5.74, 6) is 0. The summed E-state index contributed by atoms with van der Waals surface area (Å²) >= 11 is 0. The smallest absolute Gasteiger partial charge is 0.325 e. The molecular weight excluding hydrogens is 231 g/mol. The third-order valence-corrected chi connectivity index (χ3v) is 3.64. The highest BCUT2D eigenvalue weighted by Gasteiger charge is 2.56. The SMILES string of the molecule is Cn1nc(C(F)(F)F)cc1C1(C(C)(C)N)CC1. The van der Waals surface area contributed by atoms with E-state index in [0.29, 0.717) is 5.69 Å². The van der Waals surface area contributed by atoms with Crippen molar-refractivity contribution in [2.75, 3.05) is 0 Å². The molecule has 1 fully saturated rings. The average molecular weight is 247 g/mol. The lowest BCUT2D eigenvalue weighted by Gasteiger charge is -2.30. The Morgan fingerprint density at radius 3 is 2.18 bits per heavy atom. The first-order valence-corrected chi connectivity index (χ1v) is 5.48. The first kappa shape index (κ1) is 12.4. The zero-order valence-electron chi connectivity index (χ0n) is 10.1. The maximum atomic E-state index is 12.6. The number of aromatic nitrogens is 2. The van der Waals surface area contributed by atoms with E-state index in [9.17, 15) is 13.2 Å². The van der Waals surface area contributed by atoms with E-state index in [0.717, 1.165) is 18.9 Å². The molecular formula is C11H16F3N3. The molecule has 0 saturated heterocycles. The normalized spacial score (nSPS) is 19.5. The molecule has 0 radical (unpaired) electrons. The highest BCUT2D eigenvalue weighted by atomic mass is 19.4. The third kappa shape index (κ3) is 1.84. The summed E-state index contributed by atoms with van der Waals surface area (Å²) in [7, 11) is 1.54. The van der Waals surface area contributed by atoms with Gasteiger partial charge in [0.15, 0.2) is 5.69 Å². The van der Waals surface area contributed by atoms with Gasteiger partial charge in [0.1, 0.15) is 0 Å². The van der Waals surface area contributed by atoms with Gasteiger partial charge in [0.05, 0.1) is 0 Å². The van der Waals surface area contributed by atoms with E-state index < -0.39 is 17.4 Å². The van der Waals surface area contributed by atoms with Crippen LogP contribution in [0.15, 0.2) is 6.07 Å². The number of nitrogens with two attached hydrogens (primary N) is 1. The van der Waals surface area contributed by atoms with Crippen molar-refractivity contribution < 1.29 is 13.2 Å². The van der Waals surface area contributed by atoms with Crippen LogP contribution in [0.5, 0.6) is 0 Å². The molecule has 1 aliphatic carbocycles. The molecule has 0 amide bonds. The van der Waals surface area contributed by atoms with Crippen LogP contribution in [-0.4, -0.2) is 15.3 Å². The summed E-state index contributed by atoms with van der Waals surface area (Å²) in [6.07, 6.45) is -2.77. The number of hydrogen-bond acceptors (Lipinski definition) is 2. The molecule has 3 nitrogen and oxygen atoms in total. The van der Waals surface area contributed by atoms with Crippen LogP contribution in [0.4, 0.5) is 13.2 Å². The predicted octanol–water partition coefficient (Wildman–Crippen LogP) is 2.21. The van der Waals surface area contributed by atoms with Crippen molar-refractivity contribution >= 4 is 0 Å². The maximum absolute atomic E-state index is 12.6. The van der Waals surface area contributed by atoms with Crippen LogP contribution >= 0.6 is 0 Å². The van der Waals surface area contributed by atoms with Crippen LogP contribution in [0, 0.1) is 0 Å². The number of rotatable bonds is 2. The second-order valence-corrected chi connectivity index (χ2v) is 5.34. The molecule has 0 bridgehead atoms. The quantitative estimate of drug-likeness (QED) is 0.870. The van der Waals surface area contributed by atoms with Gasteiger partial charge in [-0.1, -0.05) is 0 Å². The Bertz CT molecular complexity index is 436.